The number of amides is 2. The fourth-order valence-electron chi connectivity index (χ4n) is 3.66. The third-order valence-electron chi connectivity index (χ3n) is 5.58. The lowest BCUT2D eigenvalue weighted by Gasteiger charge is -2.32. The van der Waals surface area contributed by atoms with Gasteiger partial charge in [-0.1, -0.05) is 42.1 Å². The van der Waals surface area contributed by atoms with E-state index >= 15 is 0 Å². The third-order valence-corrected chi connectivity index (χ3v) is 6.76. The number of anilines is 1. The molecule has 1 atom stereocenters. The van der Waals surface area contributed by atoms with Gasteiger partial charge in [0.25, 0.3) is 0 Å². The van der Waals surface area contributed by atoms with Crippen LogP contribution in [0.4, 0.5) is 11.4 Å². The van der Waals surface area contributed by atoms with Gasteiger partial charge in [0.2, 0.25) is 11.8 Å². The summed E-state index contributed by atoms with van der Waals surface area (Å²) in [6.45, 7) is 2.37. The summed E-state index contributed by atoms with van der Waals surface area (Å²) < 4.78 is 10.2. The van der Waals surface area contributed by atoms with E-state index in [4.69, 9.17) is 14.5 Å². The molecule has 0 spiro atoms. The summed E-state index contributed by atoms with van der Waals surface area (Å²) >= 11 is 1.24. The van der Waals surface area contributed by atoms with E-state index in [1.165, 1.54) is 11.8 Å². The molecule has 1 fully saturated rings. The van der Waals surface area contributed by atoms with E-state index in [2.05, 4.69) is 5.32 Å². The first-order valence-corrected chi connectivity index (χ1v) is 12.7. The van der Waals surface area contributed by atoms with Gasteiger partial charge in [-0.25, -0.2) is 9.79 Å². The number of esters is 1. The van der Waals surface area contributed by atoms with Crippen LogP contribution in [0.2, 0.25) is 0 Å². The van der Waals surface area contributed by atoms with Crippen LogP contribution in [-0.2, 0) is 20.9 Å². The Balaban J connectivity index is 1.57. The number of carbonyl (C=O) groups is 3. The van der Waals surface area contributed by atoms with Gasteiger partial charge in [0.15, 0.2) is 5.17 Å². The fraction of sp³-hybridized carbons (Fsp3) is 0.214. The minimum Gasteiger partial charge on any atom is -0.497 e. The van der Waals surface area contributed by atoms with Crippen LogP contribution in [-0.4, -0.2) is 46.8 Å². The maximum atomic E-state index is 13.2. The van der Waals surface area contributed by atoms with Crippen molar-refractivity contribution < 1.29 is 23.9 Å². The van der Waals surface area contributed by atoms with Gasteiger partial charge in [-0.15, -0.1) is 0 Å². The molecule has 1 heterocycles. The van der Waals surface area contributed by atoms with Gasteiger partial charge < -0.3 is 14.8 Å². The Labute approximate surface area is 219 Å². The van der Waals surface area contributed by atoms with Gasteiger partial charge in [0.1, 0.15) is 11.0 Å². The van der Waals surface area contributed by atoms with Gasteiger partial charge >= 0.3 is 5.97 Å². The topological polar surface area (TPSA) is 97.3 Å². The summed E-state index contributed by atoms with van der Waals surface area (Å²) in [5, 5.41) is 2.63. The van der Waals surface area contributed by atoms with Crippen molar-refractivity contribution in [1.82, 2.24) is 4.90 Å². The molecule has 0 saturated carbocycles. The highest BCUT2D eigenvalue weighted by molar-refractivity contribution is 8.15. The number of thioether (sulfide) groups is 1. The number of methoxy groups -OCH3 is 1. The Morgan fingerprint density at radius 2 is 1.73 bits per heavy atom. The van der Waals surface area contributed by atoms with Gasteiger partial charge in [0, 0.05) is 12.1 Å². The van der Waals surface area contributed by atoms with E-state index in [1.807, 2.05) is 30.3 Å². The normalized spacial score (nSPS) is 16.4. The predicted octanol–water partition coefficient (Wildman–Crippen LogP) is 5.03. The summed E-state index contributed by atoms with van der Waals surface area (Å²) in [4.78, 5) is 44.6. The van der Waals surface area contributed by atoms with Crippen LogP contribution in [0.15, 0.2) is 83.9 Å². The van der Waals surface area contributed by atoms with E-state index in [1.54, 1.807) is 67.5 Å². The number of rotatable bonds is 8. The number of amidine groups is 1. The Bertz CT molecular complexity index is 1280. The lowest BCUT2D eigenvalue weighted by atomic mass is 10.2. The minimum atomic E-state index is -0.654. The number of nitrogens with zero attached hydrogens (tertiary/aromatic N) is 2. The van der Waals surface area contributed by atoms with E-state index < -0.39 is 11.2 Å². The van der Waals surface area contributed by atoms with Crippen LogP contribution in [0.25, 0.3) is 0 Å². The summed E-state index contributed by atoms with van der Waals surface area (Å²) in [7, 11) is 1.57. The Kier molecular flexibility index (Phi) is 8.58. The molecule has 9 heteroatoms. The summed E-state index contributed by atoms with van der Waals surface area (Å²) in [5.41, 5.74) is 2.52. The van der Waals surface area contributed by atoms with Crippen molar-refractivity contribution >= 4 is 46.1 Å². The van der Waals surface area contributed by atoms with Crippen LogP contribution in [0.1, 0.15) is 29.3 Å². The van der Waals surface area contributed by atoms with Crippen molar-refractivity contribution in [2.24, 2.45) is 4.99 Å². The first-order chi connectivity index (χ1) is 18.0. The molecule has 190 valence electrons. The highest BCUT2D eigenvalue weighted by Crippen LogP contribution is 2.31. The summed E-state index contributed by atoms with van der Waals surface area (Å²) in [6.07, 6.45) is 0.0420. The van der Waals surface area contributed by atoms with Crippen LogP contribution in [0, 0.1) is 0 Å². The molecule has 4 rings (SSSR count). The number of nitrogens with one attached hydrogen (secondary N) is 1. The Morgan fingerprint density at radius 1 is 1.03 bits per heavy atom. The molecule has 0 aliphatic carbocycles. The van der Waals surface area contributed by atoms with Gasteiger partial charge in [-0.3, -0.25) is 14.5 Å². The molecule has 0 aromatic heterocycles. The highest BCUT2D eigenvalue weighted by atomic mass is 32.2. The lowest BCUT2D eigenvalue weighted by molar-refractivity contribution is -0.129. The van der Waals surface area contributed by atoms with Crippen molar-refractivity contribution in [3.63, 3.8) is 0 Å². The monoisotopic (exact) mass is 517 g/mol. The van der Waals surface area contributed by atoms with Crippen molar-refractivity contribution in [3.8, 4) is 5.75 Å². The smallest absolute Gasteiger partial charge is 0.338 e. The number of benzene rings is 3. The van der Waals surface area contributed by atoms with Crippen LogP contribution in [0.5, 0.6) is 5.75 Å². The molecule has 2 amide bonds. The molecule has 1 saturated heterocycles. The van der Waals surface area contributed by atoms with Gasteiger partial charge in [-0.2, -0.15) is 0 Å². The average Bonchev–Trinajstić information content (AvgIpc) is 2.92. The lowest BCUT2D eigenvalue weighted by Crippen LogP contribution is -2.44. The number of aliphatic imine (C=N–C) groups is 1. The summed E-state index contributed by atoms with van der Waals surface area (Å²) in [5.74, 6) is -0.210. The fourth-order valence-corrected chi connectivity index (χ4v) is 4.75. The molecule has 1 N–H and O–H groups in total. The zero-order valence-electron chi connectivity index (χ0n) is 20.5. The first-order valence-electron chi connectivity index (χ1n) is 11.8. The molecule has 1 aliphatic heterocycles. The predicted molar refractivity (Wildman–Crippen MR) is 144 cm³/mol. The molecular formula is C28H27N3O5S. The first kappa shape index (κ1) is 26.0. The zero-order chi connectivity index (χ0) is 26.2. The number of hydrogen-bond acceptors (Lipinski definition) is 7. The number of ether oxygens (including phenoxy) is 2. The highest BCUT2D eigenvalue weighted by Gasteiger charge is 2.36. The quantitative estimate of drug-likeness (QED) is 0.421. The van der Waals surface area contributed by atoms with Crippen molar-refractivity contribution in [1.29, 1.82) is 0 Å². The zero-order valence-corrected chi connectivity index (χ0v) is 21.4. The largest absolute Gasteiger partial charge is 0.497 e. The molecule has 3 aromatic rings. The third kappa shape index (κ3) is 6.77. The van der Waals surface area contributed by atoms with Gasteiger partial charge in [-0.05, 0) is 61.0 Å². The van der Waals surface area contributed by atoms with Crippen molar-refractivity contribution in [2.45, 2.75) is 25.1 Å². The molecule has 1 aliphatic rings. The number of carbonyl (C=O) groups excluding carboxylic acids is 3. The second-order valence-electron chi connectivity index (χ2n) is 8.16. The molecule has 0 unspecified atom stereocenters. The van der Waals surface area contributed by atoms with E-state index in [0.29, 0.717) is 34.4 Å². The second kappa shape index (κ2) is 12.2. The van der Waals surface area contributed by atoms with Crippen LogP contribution >= 0.6 is 11.8 Å². The Hall–Kier alpha value is -4.11. The van der Waals surface area contributed by atoms with Crippen LogP contribution < -0.4 is 10.1 Å². The SMILES string of the molecule is CCOC(=O)c1ccc(N=C2S[C@H](C(=O)Nc3ccc(OC)cc3)CC(=O)N2Cc2ccccc2)cc1. The van der Waals surface area contributed by atoms with Gasteiger partial charge in [0.05, 0.1) is 31.5 Å². The maximum absolute atomic E-state index is 13.2. The van der Waals surface area contributed by atoms with E-state index in [-0.39, 0.29) is 24.8 Å². The Morgan fingerprint density at radius 3 is 2.38 bits per heavy atom. The molecule has 37 heavy (non-hydrogen) atoms. The molecule has 3 aromatic carbocycles. The standard InChI is InChI=1S/C28H27N3O5S/c1-3-36-27(34)20-9-11-22(12-10-20)30-28-31(18-19-7-5-4-6-8-19)25(32)17-24(37-28)26(33)29-21-13-15-23(35-2)16-14-21/h4-16,24H,3,17-18H2,1-2H3,(H,29,33)/t24-/m0/s1. The number of hydrogen-bond donors (Lipinski definition) is 1. The molecular weight excluding hydrogens is 490 g/mol. The van der Waals surface area contributed by atoms with Crippen molar-refractivity contribution in [2.75, 3.05) is 19.0 Å². The van der Waals surface area contributed by atoms with E-state index in [9.17, 15) is 14.4 Å². The maximum Gasteiger partial charge on any atom is 0.338 e. The second-order valence-corrected chi connectivity index (χ2v) is 9.33. The summed E-state index contributed by atoms with van der Waals surface area (Å²) in [6, 6.07) is 23.2. The molecule has 0 radical (unpaired) electrons. The van der Waals surface area contributed by atoms with Crippen molar-refractivity contribution in [3.05, 3.63) is 90.0 Å². The average molecular weight is 518 g/mol. The molecule has 0 bridgehead atoms. The molecule has 8 nitrogen and oxygen atoms in total. The minimum absolute atomic E-state index is 0.0420. The van der Waals surface area contributed by atoms with Crippen LogP contribution in [0.3, 0.4) is 0 Å². The van der Waals surface area contributed by atoms with E-state index in [0.717, 1.165) is 5.56 Å².